The molecule has 0 saturated heterocycles. The fourth-order valence-corrected chi connectivity index (χ4v) is 1.27. The van der Waals surface area contributed by atoms with Gasteiger partial charge in [0.05, 0.1) is 0 Å². The lowest BCUT2D eigenvalue weighted by Crippen LogP contribution is -2.20. The molecule has 88 valence electrons. The number of hydrogen-bond acceptors (Lipinski definition) is 1. The summed E-state index contributed by atoms with van der Waals surface area (Å²) in [4.78, 5) is 0. The van der Waals surface area contributed by atoms with Crippen LogP contribution in [0.5, 0.6) is 0 Å². The summed E-state index contributed by atoms with van der Waals surface area (Å²) in [5.41, 5.74) is 7.26. The van der Waals surface area contributed by atoms with Gasteiger partial charge < -0.3 is 5.73 Å². The van der Waals surface area contributed by atoms with Gasteiger partial charge in [0.2, 0.25) is 0 Å². The van der Waals surface area contributed by atoms with E-state index < -0.39 is 0 Å². The highest BCUT2D eigenvalue weighted by Crippen LogP contribution is 2.07. The number of allylic oxidation sites excluding steroid dienone is 6. The fourth-order valence-electron chi connectivity index (χ4n) is 1.27. The third-order valence-electron chi connectivity index (χ3n) is 2.19. The Morgan fingerprint density at radius 2 is 2.00 bits per heavy atom. The van der Waals surface area contributed by atoms with Crippen LogP contribution in [0, 0.1) is 0 Å². The zero-order valence-corrected chi connectivity index (χ0v) is 10.4. The van der Waals surface area contributed by atoms with E-state index in [1.54, 1.807) is 6.08 Å². The summed E-state index contributed by atoms with van der Waals surface area (Å²) >= 11 is 0. The van der Waals surface area contributed by atoms with Crippen LogP contribution in [-0.4, -0.2) is 6.04 Å². The van der Waals surface area contributed by atoms with Gasteiger partial charge in [-0.15, -0.1) is 0 Å². The van der Waals surface area contributed by atoms with E-state index in [4.69, 9.17) is 5.73 Å². The molecule has 0 amide bonds. The molecule has 16 heavy (non-hydrogen) atoms. The Morgan fingerprint density at radius 3 is 2.56 bits per heavy atom. The van der Waals surface area contributed by atoms with Gasteiger partial charge in [0.25, 0.3) is 0 Å². The minimum Gasteiger partial charge on any atom is -0.324 e. The minimum absolute atomic E-state index is 0.0844. The average molecular weight is 217 g/mol. The molecular formula is C15H23N. The van der Waals surface area contributed by atoms with Crippen molar-refractivity contribution in [3.63, 3.8) is 0 Å². The molecule has 1 heteroatoms. The maximum absolute atomic E-state index is 6.07. The van der Waals surface area contributed by atoms with Crippen molar-refractivity contribution in [2.24, 2.45) is 5.73 Å². The lowest BCUT2D eigenvalue weighted by Gasteiger charge is -2.09. The van der Waals surface area contributed by atoms with E-state index in [0.717, 1.165) is 12.8 Å². The molecular weight excluding hydrogens is 194 g/mol. The van der Waals surface area contributed by atoms with Crippen molar-refractivity contribution in [3.05, 3.63) is 60.8 Å². The molecule has 0 saturated carbocycles. The molecule has 0 rings (SSSR count). The third kappa shape index (κ3) is 7.02. The molecule has 0 heterocycles. The number of hydrogen-bond donors (Lipinski definition) is 1. The summed E-state index contributed by atoms with van der Waals surface area (Å²) < 4.78 is 0. The smallest absolute Gasteiger partial charge is 0.0326 e. The summed E-state index contributed by atoms with van der Waals surface area (Å²) in [6, 6.07) is 0.0844. The molecule has 1 nitrogen and oxygen atoms in total. The predicted octanol–water partition coefficient (Wildman–Crippen LogP) is 3.91. The third-order valence-corrected chi connectivity index (χ3v) is 2.19. The lowest BCUT2D eigenvalue weighted by molar-refractivity contribution is 0.799. The van der Waals surface area contributed by atoms with Gasteiger partial charge >= 0.3 is 0 Å². The molecule has 0 aromatic carbocycles. The Morgan fingerprint density at radius 1 is 1.25 bits per heavy atom. The first-order valence-electron chi connectivity index (χ1n) is 5.78. The molecule has 1 atom stereocenters. The molecule has 0 spiro atoms. The first-order valence-corrected chi connectivity index (χ1v) is 5.78. The van der Waals surface area contributed by atoms with Crippen LogP contribution in [0.15, 0.2) is 60.8 Å². The van der Waals surface area contributed by atoms with Gasteiger partial charge in [-0.3, -0.25) is 0 Å². The van der Waals surface area contributed by atoms with Crippen molar-refractivity contribution < 1.29 is 0 Å². The van der Waals surface area contributed by atoms with Crippen LogP contribution >= 0.6 is 0 Å². The zero-order chi connectivity index (χ0) is 12.2. The molecule has 0 aliphatic heterocycles. The normalized spacial score (nSPS) is 15.3. The first kappa shape index (κ1) is 14.7. The van der Waals surface area contributed by atoms with E-state index >= 15 is 0 Å². The molecule has 2 N–H and O–H groups in total. The van der Waals surface area contributed by atoms with Gasteiger partial charge in [-0.1, -0.05) is 62.1 Å². The van der Waals surface area contributed by atoms with Crippen molar-refractivity contribution in [1.29, 1.82) is 0 Å². The van der Waals surface area contributed by atoms with Crippen molar-refractivity contribution in [1.82, 2.24) is 0 Å². The molecule has 0 bridgehead atoms. The standard InChI is InChI=1S/C15H23N/c1-4-7-9-10-11-13-15(16)14(6-3)12-8-5-2/h4,6-12,15H,1,5,13,16H2,2-3H3/b9-7-,11-10-,12-8-,14-6+. The maximum atomic E-state index is 6.07. The van der Waals surface area contributed by atoms with Crippen LogP contribution in [0.1, 0.15) is 26.7 Å². The van der Waals surface area contributed by atoms with E-state index in [0.29, 0.717) is 0 Å². The van der Waals surface area contributed by atoms with Gasteiger partial charge in [-0.25, -0.2) is 0 Å². The first-order chi connectivity index (χ1) is 7.76. The van der Waals surface area contributed by atoms with E-state index in [1.165, 1.54) is 5.57 Å². The Hall–Kier alpha value is -1.34. The van der Waals surface area contributed by atoms with Gasteiger partial charge in [-0.05, 0) is 25.3 Å². The predicted molar refractivity (Wildman–Crippen MR) is 74.3 cm³/mol. The summed E-state index contributed by atoms with van der Waals surface area (Å²) in [5, 5.41) is 0. The SMILES string of the molecule is C=C/C=C\C=C/CC(N)C(/C=C\CC)=C/C. The highest BCUT2D eigenvalue weighted by atomic mass is 14.6. The summed E-state index contributed by atoms with van der Waals surface area (Å²) in [6.45, 7) is 7.75. The second-order valence-electron chi connectivity index (χ2n) is 3.49. The van der Waals surface area contributed by atoms with Crippen LogP contribution in [0.25, 0.3) is 0 Å². The Labute approximate surface area is 99.7 Å². The number of rotatable bonds is 7. The van der Waals surface area contributed by atoms with Gasteiger partial charge in [0.1, 0.15) is 0 Å². The van der Waals surface area contributed by atoms with Gasteiger partial charge in [0.15, 0.2) is 0 Å². The summed E-state index contributed by atoms with van der Waals surface area (Å²) in [5.74, 6) is 0. The average Bonchev–Trinajstić information content (AvgIpc) is 2.30. The molecule has 0 aromatic heterocycles. The fraction of sp³-hybridized carbons (Fsp3) is 0.333. The van der Waals surface area contributed by atoms with Crippen LogP contribution in [-0.2, 0) is 0 Å². The molecule has 0 aliphatic carbocycles. The van der Waals surface area contributed by atoms with Crippen LogP contribution in [0.2, 0.25) is 0 Å². The van der Waals surface area contributed by atoms with Crippen LogP contribution in [0.3, 0.4) is 0 Å². The Kier molecular flexibility index (Phi) is 9.33. The van der Waals surface area contributed by atoms with Crippen molar-refractivity contribution >= 4 is 0 Å². The minimum atomic E-state index is 0.0844. The van der Waals surface area contributed by atoms with Crippen LogP contribution in [0.4, 0.5) is 0 Å². The second-order valence-corrected chi connectivity index (χ2v) is 3.49. The highest BCUT2D eigenvalue weighted by molar-refractivity contribution is 5.24. The number of nitrogens with two attached hydrogens (primary N) is 1. The van der Waals surface area contributed by atoms with E-state index in [9.17, 15) is 0 Å². The van der Waals surface area contributed by atoms with Crippen molar-refractivity contribution in [3.8, 4) is 0 Å². The largest absolute Gasteiger partial charge is 0.324 e. The van der Waals surface area contributed by atoms with Gasteiger partial charge in [-0.2, -0.15) is 0 Å². The topological polar surface area (TPSA) is 26.0 Å². The summed E-state index contributed by atoms with van der Waals surface area (Å²) in [6.07, 6.45) is 17.9. The Balaban J connectivity index is 4.17. The maximum Gasteiger partial charge on any atom is 0.0326 e. The van der Waals surface area contributed by atoms with Crippen molar-refractivity contribution in [2.45, 2.75) is 32.7 Å². The van der Waals surface area contributed by atoms with Crippen LogP contribution < -0.4 is 5.73 Å². The van der Waals surface area contributed by atoms with E-state index in [-0.39, 0.29) is 6.04 Å². The van der Waals surface area contributed by atoms with E-state index in [2.05, 4.69) is 37.8 Å². The highest BCUT2D eigenvalue weighted by Gasteiger charge is 2.02. The van der Waals surface area contributed by atoms with Gasteiger partial charge in [0, 0.05) is 6.04 Å². The quantitative estimate of drug-likeness (QED) is 0.643. The molecule has 1 unspecified atom stereocenters. The molecule has 0 fully saturated rings. The lowest BCUT2D eigenvalue weighted by atomic mass is 10.0. The molecule has 0 aromatic rings. The second kappa shape index (κ2) is 10.2. The summed E-state index contributed by atoms with van der Waals surface area (Å²) in [7, 11) is 0. The zero-order valence-electron chi connectivity index (χ0n) is 10.4. The molecule has 0 aliphatic rings. The van der Waals surface area contributed by atoms with E-state index in [1.807, 2.05) is 25.2 Å². The van der Waals surface area contributed by atoms with Crippen molar-refractivity contribution in [2.75, 3.05) is 0 Å². The molecule has 0 radical (unpaired) electrons. The Bertz CT molecular complexity index is 293. The monoisotopic (exact) mass is 217 g/mol.